The van der Waals surface area contributed by atoms with Crippen molar-refractivity contribution in [3.05, 3.63) is 52.8 Å². The monoisotopic (exact) mass is 227 g/mol. The van der Waals surface area contributed by atoms with E-state index in [1.54, 1.807) is 6.08 Å². The Balaban J connectivity index is 3.20. The van der Waals surface area contributed by atoms with Crippen LogP contribution in [0, 0.1) is 0 Å². The van der Waals surface area contributed by atoms with Crippen LogP contribution in [-0.4, -0.2) is 4.98 Å². The average Bonchev–Trinajstić information content (AvgIpc) is 2.11. The SMILES string of the molecule is C=CCc1cc(Cl)nc(Cl)c1CC=C. The van der Waals surface area contributed by atoms with Gasteiger partial charge in [0.05, 0.1) is 0 Å². The van der Waals surface area contributed by atoms with Gasteiger partial charge in [-0.05, 0) is 30.0 Å². The summed E-state index contributed by atoms with van der Waals surface area (Å²) in [4.78, 5) is 3.98. The highest BCUT2D eigenvalue weighted by atomic mass is 35.5. The lowest BCUT2D eigenvalue weighted by molar-refractivity contribution is 1.11. The molecule has 0 aliphatic carbocycles. The molecule has 0 bridgehead atoms. The zero-order valence-corrected chi connectivity index (χ0v) is 9.28. The Kier molecular flexibility index (Phi) is 4.18. The fourth-order valence-corrected chi connectivity index (χ4v) is 1.80. The van der Waals surface area contributed by atoms with Crippen LogP contribution in [0.5, 0.6) is 0 Å². The Morgan fingerprint density at radius 3 is 2.43 bits per heavy atom. The summed E-state index contributed by atoms with van der Waals surface area (Å²) in [6, 6.07) is 1.81. The first-order valence-corrected chi connectivity index (χ1v) is 5.00. The van der Waals surface area contributed by atoms with Crippen LogP contribution in [0.2, 0.25) is 10.3 Å². The van der Waals surface area contributed by atoms with E-state index in [1.165, 1.54) is 0 Å². The second-order valence-corrected chi connectivity index (χ2v) is 3.60. The molecular formula is C11H11Cl2N. The predicted octanol–water partition coefficient (Wildman–Crippen LogP) is 3.85. The van der Waals surface area contributed by atoms with Gasteiger partial charge in [-0.1, -0.05) is 35.4 Å². The van der Waals surface area contributed by atoms with Crippen molar-refractivity contribution in [3.8, 4) is 0 Å². The van der Waals surface area contributed by atoms with Gasteiger partial charge in [-0.15, -0.1) is 13.2 Å². The second kappa shape index (κ2) is 5.18. The summed E-state index contributed by atoms with van der Waals surface area (Å²) in [6.45, 7) is 7.36. The van der Waals surface area contributed by atoms with Crippen molar-refractivity contribution >= 4 is 23.2 Å². The quantitative estimate of drug-likeness (QED) is 0.563. The Labute approximate surface area is 94.1 Å². The summed E-state index contributed by atoms with van der Waals surface area (Å²) in [6.07, 6.45) is 5.05. The van der Waals surface area contributed by atoms with Crippen LogP contribution in [0.25, 0.3) is 0 Å². The molecule has 0 spiro atoms. The van der Waals surface area contributed by atoms with Gasteiger partial charge >= 0.3 is 0 Å². The number of allylic oxidation sites excluding steroid dienone is 2. The fourth-order valence-electron chi connectivity index (χ4n) is 1.25. The van der Waals surface area contributed by atoms with E-state index in [9.17, 15) is 0 Å². The summed E-state index contributed by atoms with van der Waals surface area (Å²) >= 11 is 11.8. The minimum Gasteiger partial charge on any atom is -0.224 e. The molecule has 0 saturated carbocycles. The van der Waals surface area contributed by atoms with Gasteiger partial charge in [-0.3, -0.25) is 0 Å². The highest BCUT2D eigenvalue weighted by molar-refractivity contribution is 6.33. The Morgan fingerprint density at radius 1 is 1.21 bits per heavy atom. The van der Waals surface area contributed by atoms with Crippen LogP contribution >= 0.6 is 23.2 Å². The highest BCUT2D eigenvalue weighted by Gasteiger charge is 2.07. The third-order valence-electron chi connectivity index (χ3n) is 1.85. The molecule has 0 unspecified atom stereocenters. The van der Waals surface area contributed by atoms with Gasteiger partial charge < -0.3 is 0 Å². The lowest BCUT2D eigenvalue weighted by Gasteiger charge is -2.07. The van der Waals surface area contributed by atoms with Gasteiger partial charge in [0.2, 0.25) is 0 Å². The fraction of sp³-hybridized carbons (Fsp3) is 0.182. The second-order valence-electron chi connectivity index (χ2n) is 2.86. The molecule has 1 aromatic heterocycles. The summed E-state index contributed by atoms with van der Waals surface area (Å²) in [5, 5.41) is 0.869. The summed E-state index contributed by atoms with van der Waals surface area (Å²) < 4.78 is 0. The molecule has 1 rings (SSSR count). The van der Waals surface area contributed by atoms with Gasteiger partial charge in [0.25, 0.3) is 0 Å². The molecule has 14 heavy (non-hydrogen) atoms. The zero-order chi connectivity index (χ0) is 10.6. The topological polar surface area (TPSA) is 12.9 Å². The Bertz CT molecular complexity index is 359. The predicted molar refractivity (Wildman–Crippen MR) is 62.1 cm³/mol. The van der Waals surface area contributed by atoms with Crippen LogP contribution < -0.4 is 0 Å². The van der Waals surface area contributed by atoms with Crippen LogP contribution in [0.1, 0.15) is 11.1 Å². The third kappa shape index (κ3) is 2.60. The highest BCUT2D eigenvalue weighted by Crippen LogP contribution is 2.23. The van der Waals surface area contributed by atoms with Gasteiger partial charge in [-0.25, -0.2) is 4.98 Å². The maximum atomic E-state index is 5.97. The van der Waals surface area contributed by atoms with Crippen LogP contribution in [0.3, 0.4) is 0 Å². The molecule has 1 heterocycles. The van der Waals surface area contributed by atoms with E-state index < -0.39 is 0 Å². The van der Waals surface area contributed by atoms with E-state index in [0.29, 0.717) is 16.7 Å². The van der Waals surface area contributed by atoms with E-state index in [2.05, 4.69) is 18.1 Å². The van der Waals surface area contributed by atoms with Crippen molar-refractivity contribution in [1.29, 1.82) is 0 Å². The number of aromatic nitrogens is 1. The largest absolute Gasteiger partial charge is 0.224 e. The zero-order valence-electron chi connectivity index (χ0n) is 7.76. The molecule has 0 aliphatic heterocycles. The van der Waals surface area contributed by atoms with Crippen molar-refractivity contribution in [2.75, 3.05) is 0 Å². The van der Waals surface area contributed by atoms with Gasteiger partial charge in [0.15, 0.2) is 0 Å². The molecular weight excluding hydrogens is 217 g/mol. The number of nitrogens with zero attached hydrogens (tertiary/aromatic N) is 1. The normalized spacial score (nSPS) is 9.86. The van der Waals surface area contributed by atoms with Crippen molar-refractivity contribution in [1.82, 2.24) is 4.98 Å². The first kappa shape index (κ1) is 11.3. The van der Waals surface area contributed by atoms with Gasteiger partial charge in [0.1, 0.15) is 10.3 Å². The molecule has 1 aromatic rings. The van der Waals surface area contributed by atoms with Crippen molar-refractivity contribution < 1.29 is 0 Å². The number of hydrogen-bond acceptors (Lipinski definition) is 1. The molecule has 74 valence electrons. The smallest absolute Gasteiger partial charge is 0.134 e. The maximum Gasteiger partial charge on any atom is 0.134 e. The van der Waals surface area contributed by atoms with E-state index >= 15 is 0 Å². The molecule has 0 amide bonds. The Hall–Kier alpha value is -0.790. The van der Waals surface area contributed by atoms with Crippen LogP contribution in [0.4, 0.5) is 0 Å². The third-order valence-corrected chi connectivity index (χ3v) is 2.35. The van der Waals surface area contributed by atoms with E-state index in [0.717, 1.165) is 17.5 Å². The minimum absolute atomic E-state index is 0.416. The molecule has 1 nitrogen and oxygen atoms in total. The van der Waals surface area contributed by atoms with Crippen LogP contribution in [0.15, 0.2) is 31.4 Å². The molecule has 0 N–H and O–H groups in total. The van der Waals surface area contributed by atoms with Crippen molar-refractivity contribution in [2.24, 2.45) is 0 Å². The lowest BCUT2D eigenvalue weighted by atomic mass is 10.0. The average molecular weight is 228 g/mol. The Morgan fingerprint density at radius 2 is 1.86 bits per heavy atom. The van der Waals surface area contributed by atoms with E-state index in [1.807, 2.05) is 12.1 Å². The standard InChI is InChI=1S/C11H11Cl2N/c1-3-5-8-7-10(12)14-11(13)9(8)6-4-2/h3-4,7H,1-2,5-6H2. The van der Waals surface area contributed by atoms with Crippen molar-refractivity contribution in [2.45, 2.75) is 12.8 Å². The first-order chi connectivity index (χ1) is 6.69. The molecule has 0 aliphatic rings. The molecule has 3 heteroatoms. The first-order valence-electron chi connectivity index (χ1n) is 4.24. The molecule has 0 saturated heterocycles. The van der Waals surface area contributed by atoms with Gasteiger partial charge in [0, 0.05) is 0 Å². The van der Waals surface area contributed by atoms with E-state index in [4.69, 9.17) is 23.2 Å². The molecule has 0 fully saturated rings. The number of halogens is 2. The summed E-state index contributed by atoms with van der Waals surface area (Å²) in [7, 11) is 0. The molecule has 0 aromatic carbocycles. The lowest BCUT2D eigenvalue weighted by Crippen LogP contribution is -1.96. The minimum atomic E-state index is 0.416. The summed E-state index contributed by atoms with van der Waals surface area (Å²) in [5.41, 5.74) is 2.04. The van der Waals surface area contributed by atoms with Crippen molar-refractivity contribution in [3.63, 3.8) is 0 Å². The molecule has 0 radical (unpaired) electrons. The van der Waals surface area contributed by atoms with E-state index in [-0.39, 0.29) is 0 Å². The number of rotatable bonds is 4. The molecule has 0 atom stereocenters. The van der Waals surface area contributed by atoms with Crippen LogP contribution in [-0.2, 0) is 12.8 Å². The maximum absolute atomic E-state index is 5.97. The number of hydrogen-bond donors (Lipinski definition) is 0. The summed E-state index contributed by atoms with van der Waals surface area (Å²) in [5.74, 6) is 0. The van der Waals surface area contributed by atoms with Gasteiger partial charge in [-0.2, -0.15) is 0 Å². The number of pyridine rings is 1.